The number of carbonyl (C=O) groups excluding carboxylic acids is 2. The number of benzene rings is 1. The number of amides is 1. The topological polar surface area (TPSA) is 92.6 Å². The van der Waals surface area contributed by atoms with Gasteiger partial charge in [0.25, 0.3) is 5.91 Å². The molecular formula is C18H17N3O4S. The van der Waals surface area contributed by atoms with E-state index >= 15 is 0 Å². The van der Waals surface area contributed by atoms with Crippen molar-refractivity contribution in [2.45, 2.75) is 25.8 Å². The number of carbonyl (C=O) groups is 2. The fraction of sp³-hybridized carbons (Fsp3) is 0.333. The van der Waals surface area contributed by atoms with Crippen molar-refractivity contribution < 1.29 is 19.4 Å². The maximum Gasteiger partial charge on any atom is 0.296 e. The van der Waals surface area contributed by atoms with Crippen molar-refractivity contribution in [2.24, 2.45) is 5.92 Å². The van der Waals surface area contributed by atoms with Crippen molar-refractivity contribution >= 4 is 28.2 Å². The molecule has 1 amide bonds. The van der Waals surface area contributed by atoms with Gasteiger partial charge in [0.2, 0.25) is 5.13 Å². The molecular weight excluding hydrogens is 354 g/mol. The smallest absolute Gasteiger partial charge is 0.296 e. The molecule has 1 N–H and O–H groups in total. The maximum absolute atomic E-state index is 12.8. The normalized spacial score (nSPS) is 20.0. The third kappa shape index (κ3) is 2.76. The Morgan fingerprint density at radius 3 is 2.65 bits per heavy atom. The number of hydrogen-bond donors (Lipinski definition) is 1. The van der Waals surface area contributed by atoms with Gasteiger partial charge in [0.15, 0.2) is 11.5 Å². The van der Waals surface area contributed by atoms with E-state index in [-0.39, 0.29) is 17.3 Å². The number of anilines is 1. The van der Waals surface area contributed by atoms with Crippen molar-refractivity contribution in [2.75, 3.05) is 11.5 Å². The van der Waals surface area contributed by atoms with Crippen LogP contribution in [0.1, 0.15) is 31.4 Å². The zero-order valence-corrected chi connectivity index (χ0v) is 14.9. The summed E-state index contributed by atoms with van der Waals surface area (Å²) in [5, 5.41) is 18.5. The summed E-state index contributed by atoms with van der Waals surface area (Å²) >= 11 is 1.18. The minimum Gasteiger partial charge on any atom is -0.503 e. The first kappa shape index (κ1) is 16.7. The number of rotatable bonds is 6. The second-order valence-electron chi connectivity index (χ2n) is 6.20. The van der Waals surface area contributed by atoms with Gasteiger partial charge in [-0.15, -0.1) is 10.2 Å². The quantitative estimate of drug-likeness (QED) is 0.839. The molecule has 1 saturated carbocycles. The first-order chi connectivity index (χ1) is 12.6. The van der Waals surface area contributed by atoms with Crippen LogP contribution in [0.25, 0.3) is 0 Å². The lowest BCUT2D eigenvalue weighted by molar-refractivity contribution is -0.118. The number of aliphatic hydroxyl groups excluding tert-OH is 1. The highest BCUT2D eigenvalue weighted by atomic mass is 32.1. The van der Waals surface area contributed by atoms with Crippen molar-refractivity contribution in [1.82, 2.24) is 10.2 Å². The monoisotopic (exact) mass is 371 g/mol. The Balaban J connectivity index is 1.78. The van der Waals surface area contributed by atoms with Crippen LogP contribution in [0.4, 0.5) is 5.13 Å². The lowest BCUT2D eigenvalue weighted by Gasteiger charge is -2.24. The second kappa shape index (κ2) is 6.53. The molecule has 7 nitrogen and oxygen atoms in total. The molecule has 0 spiro atoms. The number of Topliss-reactive ketones (excluding diaryl/α,β-unsaturated/α-hetero) is 1. The molecule has 2 heterocycles. The molecule has 8 heteroatoms. The van der Waals surface area contributed by atoms with Gasteiger partial charge >= 0.3 is 0 Å². The average Bonchev–Trinajstić information content (AvgIpc) is 3.30. The summed E-state index contributed by atoms with van der Waals surface area (Å²) in [6.45, 7) is 2.44. The van der Waals surface area contributed by atoms with E-state index in [2.05, 4.69) is 10.2 Å². The van der Waals surface area contributed by atoms with Crippen molar-refractivity contribution in [1.29, 1.82) is 0 Å². The molecule has 1 aromatic carbocycles. The van der Waals surface area contributed by atoms with E-state index < -0.39 is 17.7 Å². The van der Waals surface area contributed by atoms with Gasteiger partial charge < -0.3 is 9.84 Å². The van der Waals surface area contributed by atoms with Crippen LogP contribution in [-0.4, -0.2) is 33.6 Å². The van der Waals surface area contributed by atoms with Gasteiger partial charge in [-0.05, 0) is 37.5 Å². The van der Waals surface area contributed by atoms with Gasteiger partial charge in [-0.3, -0.25) is 14.5 Å². The number of aromatic nitrogens is 2. The van der Waals surface area contributed by atoms with Crippen LogP contribution < -0.4 is 9.64 Å². The molecule has 26 heavy (non-hydrogen) atoms. The summed E-state index contributed by atoms with van der Waals surface area (Å²) in [6.07, 6.45) is 1.58. The average molecular weight is 371 g/mol. The van der Waals surface area contributed by atoms with Crippen LogP contribution in [0.15, 0.2) is 41.1 Å². The molecule has 1 aliphatic carbocycles. The third-order valence-electron chi connectivity index (χ3n) is 4.48. The van der Waals surface area contributed by atoms with E-state index in [1.165, 1.54) is 21.7 Å². The molecule has 134 valence electrons. The van der Waals surface area contributed by atoms with Gasteiger partial charge in [0.1, 0.15) is 11.3 Å². The van der Waals surface area contributed by atoms with E-state index in [9.17, 15) is 14.7 Å². The van der Waals surface area contributed by atoms with Gasteiger partial charge in [-0.1, -0.05) is 23.5 Å². The Kier molecular flexibility index (Phi) is 4.20. The molecule has 1 fully saturated rings. The van der Waals surface area contributed by atoms with Crippen LogP contribution in [0, 0.1) is 5.92 Å². The molecule has 0 radical (unpaired) electrons. The number of hydrogen-bond acceptors (Lipinski definition) is 7. The highest BCUT2D eigenvalue weighted by Gasteiger charge is 2.48. The Morgan fingerprint density at radius 1 is 1.35 bits per heavy atom. The predicted octanol–water partition coefficient (Wildman–Crippen LogP) is 2.82. The number of nitrogens with zero attached hydrogens (tertiary/aromatic N) is 3. The molecule has 2 aromatic rings. The highest BCUT2D eigenvalue weighted by molar-refractivity contribution is 7.13. The van der Waals surface area contributed by atoms with Crippen LogP contribution in [0.5, 0.6) is 5.75 Å². The number of ether oxygens (including phenoxy) is 1. The molecule has 0 saturated heterocycles. The minimum absolute atomic E-state index is 0.112. The van der Waals surface area contributed by atoms with Crippen LogP contribution in [0.2, 0.25) is 0 Å². The summed E-state index contributed by atoms with van der Waals surface area (Å²) < 4.78 is 5.46. The van der Waals surface area contributed by atoms with Crippen LogP contribution in [0.3, 0.4) is 0 Å². The molecule has 1 aromatic heterocycles. The van der Waals surface area contributed by atoms with Crippen LogP contribution >= 0.6 is 11.3 Å². The predicted molar refractivity (Wildman–Crippen MR) is 95.1 cm³/mol. The van der Waals surface area contributed by atoms with E-state index in [1.807, 2.05) is 6.92 Å². The number of ketones is 1. The molecule has 0 bridgehead atoms. The van der Waals surface area contributed by atoms with E-state index in [1.54, 1.807) is 24.3 Å². The third-order valence-corrected chi connectivity index (χ3v) is 5.17. The Labute approximate surface area is 153 Å². The van der Waals surface area contributed by atoms with Crippen LogP contribution in [-0.2, 0) is 9.59 Å². The summed E-state index contributed by atoms with van der Waals surface area (Å²) in [5.41, 5.74) is 2.37. The summed E-state index contributed by atoms with van der Waals surface area (Å²) in [7, 11) is 0. The SMILES string of the molecule is CCOc1ccc(C2C(C(=O)C3CC3)=C(O)C(=O)N2c2nncs2)cc1. The fourth-order valence-corrected chi connectivity index (χ4v) is 3.71. The van der Waals surface area contributed by atoms with Gasteiger partial charge in [-0.2, -0.15) is 0 Å². The summed E-state index contributed by atoms with van der Waals surface area (Å²) in [5.74, 6) is -0.687. The standard InChI is InChI=1S/C18H17N3O4S/c1-2-25-12-7-5-10(6-8-12)14-13(15(22)11-3-4-11)16(23)17(24)21(14)18-20-19-9-26-18/h5-9,11,14,23H,2-4H2,1H3. The van der Waals surface area contributed by atoms with E-state index in [4.69, 9.17) is 4.74 Å². The first-order valence-electron chi connectivity index (χ1n) is 8.41. The molecule has 1 unspecified atom stereocenters. The first-order valence-corrected chi connectivity index (χ1v) is 9.29. The lowest BCUT2D eigenvalue weighted by Crippen LogP contribution is -2.31. The zero-order chi connectivity index (χ0) is 18.3. The second-order valence-corrected chi connectivity index (χ2v) is 7.01. The minimum atomic E-state index is -0.709. The number of aliphatic hydroxyl groups is 1. The summed E-state index contributed by atoms with van der Waals surface area (Å²) in [6, 6.07) is 6.47. The van der Waals surface area contributed by atoms with Crippen molar-refractivity contribution in [3.05, 3.63) is 46.7 Å². The van der Waals surface area contributed by atoms with Gasteiger partial charge in [0, 0.05) is 5.92 Å². The highest BCUT2D eigenvalue weighted by Crippen LogP contribution is 2.45. The molecule has 1 atom stereocenters. The van der Waals surface area contributed by atoms with Gasteiger partial charge in [-0.25, -0.2) is 0 Å². The van der Waals surface area contributed by atoms with E-state index in [0.717, 1.165) is 12.8 Å². The largest absolute Gasteiger partial charge is 0.503 e. The molecule has 2 aliphatic rings. The Bertz CT molecular complexity index is 872. The Hall–Kier alpha value is -2.74. The van der Waals surface area contributed by atoms with Crippen molar-refractivity contribution in [3.8, 4) is 5.75 Å². The maximum atomic E-state index is 12.8. The van der Waals surface area contributed by atoms with Crippen molar-refractivity contribution in [3.63, 3.8) is 0 Å². The summed E-state index contributed by atoms with van der Waals surface area (Å²) in [4.78, 5) is 26.8. The Morgan fingerprint density at radius 2 is 2.08 bits per heavy atom. The lowest BCUT2D eigenvalue weighted by atomic mass is 9.94. The van der Waals surface area contributed by atoms with E-state index in [0.29, 0.717) is 23.1 Å². The fourth-order valence-electron chi connectivity index (χ4n) is 3.12. The van der Waals surface area contributed by atoms with Gasteiger partial charge in [0.05, 0.1) is 18.2 Å². The molecule has 1 aliphatic heterocycles. The zero-order valence-electron chi connectivity index (χ0n) is 14.1. The molecule has 4 rings (SSSR count).